The van der Waals surface area contributed by atoms with Gasteiger partial charge in [-0.15, -0.1) is 0 Å². The highest BCUT2D eigenvalue weighted by molar-refractivity contribution is 6.22. The number of halogens is 2. The molecular weight excluding hydrogens is 274 g/mol. The zero-order valence-corrected chi connectivity index (χ0v) is 11.2. The molecule has 0 aliphatic heterocycles. The van der Waals surface area contributed by atoms with Crippen LogP contribution in [0.5, 0.6) is 0 Å². The number of Topliss-reactive ketones (excluding diaryl/α,β-unsaturated/α-hetero) is 2. The van der Waals surface area contributed by atoms with Crippen LogP contribution in [-0.2, 0) is 19.1 Å². The summed E-state index contributed by atoms with van der Waals surface area (Å²) in [6.45, 7) is 0.529. The highest BCUT2D eigenvalue weighted by Crippen LogP contribution is 2.23. The molecule has 1 aliphatic rings. The summed E-state index contributed by atoms with van der Waals surface area (Å²) in [6, 6.07) is 0. The van der Waals surface area contributed by atoms with Crippen molar-refractivity contribution in [1.29, 1.82) is 0 Å². The predicted octanol–water partition coefficient (Wildman–Crippen LogP) is -0.0276. The van der Waals surface area contributed by atoms with Crippen LogP contribution < -0.4 is 10.6 Å². The molecule has 0 fully saturated rings. The first kappa shape index (κ1) is 16.3. The Kier molecular flexibility index (Phi) is 6.26. The molecule has 0 spiro atoms. The van der Waals surface area contributed by atoms with Gasteiger partial charge in [0.25, 0.3) is 0 Å². The summed E-state index contributed by atoms with van der Waals surface area (Å²) in [6.07, 6.45) is 0. The number of rotatable bonds is 8. The highest BCUT2D eigenvalue weighted by atomic mass is 19.1. The van der Waals surface area contributed by atoms with Crippen molar-refractivity contribution in [1.82, 2.24) is 10.6 Å². The minimum absolute atomic E-state index is 0.0813. The van der Waals surface area contributed by atoms with Crippen LogP contribution in [-0.4, -0.2) is 52.1 Å². The predicted molar refractivity (Wildman–Crippen MR) is 66.0 cm³/mol. The molecule has 0 atom stereocenters. The van der Waals surface area contributed by atoms with Crippen LogP contribution >= 0.6 is 0 Å². The first-order valence-electron chi connectivity index (χ1n) is 5.89. The fourth-order valence-corrected chi connectivity index (χ4v) is 1.52. The summed E-state index contributed by atoms with van der Waals surface area (Å²) in [7, 11) is 2.83. The smallest absolute Gasteiger partial charge is 0.242 e. The fourth-order valence-electron chi connectivity index (χ4n) is 1.52. The number of hydrogen-bond acceptors (Lipinski definition) is 6. The number of nitrogens with one attached hydrogen (secondary N) is 2. The van der Waals surface area contributed by atoms with E-state index in [2.05, 4.69) is 10.6 Å². The summed E-state index contributed by atoms with van der Waals surface area (Å²) in [5.41, 5.74) is -1.36. The van der Waals surface area contributed by atoms with E-state index in [0.717, 1.165) is 0 Å². The molecule has 0 aromatic carbocycles. The van der Waals surface area contributed by atoms with Crippen LogP contribution in [0.1, 0.15) is 0 Å². The molecule has 0 saturated carbocycles. The van der Waals surface area contributed by atoms with Gasteiger partial charge in [0.15, 0.2) is 11.7 Å². The van der Waals surface area contributed by atoms with E-state index in [0.29, 0.717) is 0 Å². The lowest BCUT2D eigenvalue weighted by molar-refractivity contribution is -0.119. The molecule has 0 heterocycles. The molecular formula is C12H16F2N2O4. The van der Waals surface area contributed by atoms with Crippen LogP contribution in [0.4, 0.5) is 8.78 Å². The lowest BCUT2D eigenvalue weighted by atomic mass is 10.0. The Labute approximate surface area is 114 Å². The van der Waals surface area contributed by atoms with Crippen molar-refractivity contribution in [3.63, 3.8) is 0 Å². The molecule has 1 aliphatic carbocycles. The molecule has 0 unspecified atom stereocenters. The topological polar surface area (TPSA) is 76.7 Å². The van der Waals surface area contributed by atoms with E-state index in [1.807, 2.05) is 0 Å². The minimum atomic E-state index is -1.31. The second kappa shape index (κ2) is 7.71. The van der Waals surface area contributed by atoms with Gasteiger partial charge in [-0.25, -0.2) is 8.78 Å². The van der Waals surface area contributed by atoms with E-state index in [1.54, 1.807) is 0 Å². The maximum absolute atomic E-state index is 13.8. The lowest BCUT2D eigenvalue weighted by Crippen LogP contribution is -2.36. The molecule has 1 rings (SSSR count). The molecule has 20 heavy (non-hydrogen) atoms. The largest absolute Gasteiger partial charge is 0.383 e. The van der Waals surface area contributed by atoms with E-state index < -0.39 is 34.6 Å². The van der Waals surface area contributed by atoms with Crippen LogP contribution in [0.15, 0.2) is 23.0 Å². The molecule has 8 heteroatoms. The van der Waals surface area contributed by atoms with Crippen LogP contribution in [0.3, 0.4) is 0 Å². The average molecular weight is 290 g/mol. The molecule has 0 saturated heterocycles. The van der Waals surface area contributed by atoms with Gasteiger partial charge in [0.2, 0.25) is 11.6 Å². The summed E-state index contributed by atoms with van der Waals surface area (Å²) in [5, 5.41) is 4.71. The zero-order chi connectivity index (χ0) is 15.1. The second-order valence-electron chi connectivity index (χ2n) is 3.88. The maximum atomic E-state index is 13.8. The number of carbonyl (C=O) groups excluding carboxylic acids is 2. The Hall–Kier alpha value is -1.80. The Morgan fingerprint density at radius 3 is 1.50 bits per heavy atom. The van der Waals surface area contributed by atoms with Crippen molar-refractivity contribution in [2.75, 3.05) is 40.5 Å². The molecule has 0 radical (unpaired) electrons. The summed E-state index contributed by atoms with van der Waals surface area (Å²) in [4.78, 5) is 23.3. The van der Waals surface area contributed by atoms with E-state index in [-0.39, 0.29) is 26.3 Å². The van der Waals surface area contributed by atoms with E-state index in [1.165, 1.54) is 14.2 Å². The molecule has 6 nitrogen and oxygen atoms in total. The quantitative estimate of drug-likeness (QED) is 0.483. The van der Waals surface area contributed by atoms with Gasteiger partial charge >= 0.3 is 0 Å². The third kappa shape index (κ3) is 3.61. The number of hydrogen-bond donors (Lipinski definition) is 2. The van der Waals surface area contributed by atoms with E-state index in [4.69, 9.17) is 9.47 Å². The SMILES string of the molecule is COCCNC1=C(F)C(=O)C(NCCOC)=C(F)C1=O. The highest BCUT2D eigenvalue weighted by Gasteiger charge is 2.35. The van der Waals surface area contributed by atoms with Crippen LogP contribution in [0.25, 0.3) is 0 Å². The maximum Gasteiger partial charge on any atom is 0.242 e. The normalized spacial score (nSPS) is 16.0. The van der Waals surface area contributed by atoms with Gasteiger partial charge in [-0.05, 0) is 0 Å². The van der Waals surface area contributed by atoms with Gasteiger partial charge in [-0.1, -0.05) is 0 Å². The van der Waals surface area contributed by atoms with Crippen molar-refractivity contribution in [2.24, 2.45) is 0 Å². The van der Waals surface area contributed by atoms with Crippen molar-refractivity contribution in [3.05, 3.63) is 23.0 Å². The molecule has 112 valence electrons. The number of methoxy groups -OCH3 is 2. The van der Waals surface area contributed by atoms with Crippen molar-refractivity contribution in [2.45, 2.75) is 0 Å². The average Bonchev–Trinajstić information content (AvgIpc) is 2.44. The Morgan fingerprint density at radius 1 is 0.850 bits per heavy atom. The van der Waals surface area contributed by atoms with Crippen molar-refractivity contribution >= 4 is 11.6 Å². The van der Waals surface area contributed by atoms with Crippen LogP contribution in [0, 0.1) is 0 Å². The fraction of sp³-hybridized carbons (Fsp3) is 0.500. The van der Waals surface area contributed by atoms with Gasteiger partial charge in [0.1, 0.15) is 11.4 Å². The number of carbonyl (C=O) groups is 2. The van der Waals surface area contributed by atoms with Gasteiger partial charge in [0.05, 0.1) is 13.2 Å². The monoisotopic (exact) mass is 290 g/mol. The lowest BCUT2D eigenvalue weighted by Gasteiger charge is -2.18. The molecule has 0 aromatic rings. The number of ether oxygens (including phenoxy) is 2. The second-order valence-corrected chi connectivity index (χ2v) is 3.88. The zero-order valence-electron chi connectivity index (χ0n) is 11.2. The van der Waals surface area contributed by atoms with E-state index in [9.17, 15) is 18.4 Å². The Morgan fingerprint density at radius 2 is 1.20 bits per heavy atom. The molecule has 0 bridgehead atoms. The minimum Gasteiger partial charge on any atom is -0.383 e. The Balaban J connectivity index is 2.84. The summed E-state index contributed by atoms with van der Waals surface area (Å²) < 4.78 is 37.0. The van der Waals surface area contributed by atoms with Crippen molar-refractivity contribution < 1.29 is 27.8 Å². The van der Waals surface area contributed by atoms with Crippen LogP contribution in [0.2, 0.25) is 0 Å². The third-order valence-electron chi connectivity index (χ3n) is 2.51. The molecule has 0 aromatic heterocycles. The Bertz CT molecular complexity index is 418. The first-order chi connectivity index (χ1) is 9.54. The molecule has 0 amide bonds. The molecule has 2 N–H and O–H groups in total. The first-order valence-corrected chi connectivity index (χ1v) is 5.89. The van der Waals surface area contributed by atoms with E-state index >= 15 is 0 Å². The van der Waals surface area contributed by atoms with Gasteiger partial charge in [-0.3, -0.25) is 9.59 Å². The number of ketones is 2. The van der Waals surface area contributed by atoms with Gasteiger partial charge < -0.3 is 20.1 Å². The summed E-state index contributed by atoms with van der Waals surface area (Å²) >= 11 is 0. The summed E-state index contributed by atoms with van der Waals surface area (Å²) in [5.74, 6) is -5.02. The number of allylic oxidation sites excluding steroid dienone is 2. The van der Waals surface area contributed by atoms with Crippen molar-refractivity contribution in [3.8, 4) is 0 Å². The third-order valence-corrected chi connectivity index (χ3v) is 2.51. The van der Waals surface area contributed by atoms with Gasteiger partial charge in [0, 0.05) is 27.3 Å². The standard InChI is InChI=1S/C12H16F2N2O4/c1-19-5-3-15-9-7(13)12(18)10(8(14)11(9)17)16-4-6-20-2/h15-16H,3-6H2,1-2H3. The van der Waals surface area contributed by atoms with Gasteiger partial charge in [-0.2, -0.15) is 0 Å².